The second kappa shape index (κ2) is 8.14. The van der Waals surface area contributed by atoms with E-state index in [1.165, 1.54) is 35.6 Å². The van der Waals surface area contributed by atoms with Crippen molar-refractivity contribution in [2.24, 2.45) is 0 Å². The van der Waals surface area contributed by atoms with E-state index in [0.29, 0.717) is 23.9 Å². The van der Waals surface area contributed by atoms with Gasteiger partial charge in [-0.15, -0.1) is 0 Å². The van der Waals surface area contributed by atoms with E-state index in [1.54, 1.807) is 0 Å². The number of carbonyl (C=O) groups is 1. The molecule has 1 heterocycles. The van der Waals surface area contributed by atoms with E-state index in [9.17, 15) is 9.18 Å². The Morgan fingerprint density at radius 1 is 1.19 bits per heavy atom. The summed E-state index contributed by atoms with van der Waals surface area (Å²) in [4.78, 5) is 16.9. The number of anilines is 1. The number of amides is 1. The standard InChI is InChI=1S/C19H19FN2O3S/c1-3-16(25-13-7-5-12(20)6-8-13)18(23)22-19-21-15-10-9-14(24-4-2)11-17(15)26-19/h5-11,16H,3-4H2,1-2H3,(H,21,22,23). The summed E-state index contributed by atoms with van der Waals surface area (Å²) in [5, 5.41) is 3.29. The lowest BCUT2D eigenvalue weighted by molar-refractivity contribution is -0.122. The molecule has 7 heteroatoms. The van der Waals surface area contributed by atoms with Crippen LogP contribution in [0.1, 0.15) is 20.3 Å². The van der Waals surface area contributed by atoms with Crippen molar-refractivity contribution in [3.8, 4) is 11.5 Å². The Kier molecular flexibility index (Phi) is 5.68. The molecule has 0 saturated heterocycles. The molecule has 0 bridgehead atoms. The van der Waals surface area contributed by atoms with E-state index < -0.39 is 6.10 Å². The van der Waals surface area contributed by atoms with Crippen molar-refractivity contribution >= 4 is 32.6 Å². The van der Waals surface area contributed by atoms with Crippen LogP contribution in [0.4, 0.5) is 9.52 Å². The van der Waals surface area contributed by atoms with E-state index in [-0.39, 0.29) is 11.7 Å². The fourth-order valence-electron chi connectivity index (χ4n) is 2.40. The van der Waals surface area contributed by atoms with Gasteiger partial charge in [0, 0.05) is 0 Å². The van der Waals surface area contributed by atoms with Gasteiger partial charge in [-0.25, -0.2) is 9.37 Å². The van der Waals surface area contributed by atoms with Crippen LogP contribution in [-0.4, -0.2) is 23.6 Å². The van der Waals surface area contributed by atoms with Crippen LogP contribution in [0, 0.1) is 5.82 Å². The quantitative estimate of drug-likeness (QED) is 0.655. The van der Waals surface area contributed by atoms with Crippen molar-refractivity contribution in [3.05, 3.63) is 48.3 Å². The summed E-state index contributed by atoms with van der Waals surface area (Å²) >= 11 is 1.37. The maximum absolute atomic E-state index is 13.0. The number of nitrogens with one attached hydrogen (secondary N) is 1. The number of hydrogen-bond acceptors (Lipinski definition) is 5. The van der Waals surface area contributed by atoms with Crippen molar-refractivity contribution < 1.29 is 18.7 Å². The largest absolute Gasteiger partial charge is 0.494 e. The van der Waals surface area contributed by atoms with Gasteiger partial charge >= 0.3 is 0 Å². The monoisotopic (exact) mass is 374 g/mol. The molecule has 0 fully saturated rings. The summed E-state index contributed by atoms with van der Waals surface area (Å²) in [6.07, 6.45) is -0.214. The molecule has 0 spiro atoms. The van der Waals surface area contributed by atoms with Gasteiger partial charge in [0.05, 0.1) is 16.8 Å². The highest BCUT2D eigenvalue weighted by molar-refractivity contribution is 7.22. The van der Waals surface area contributed by atoms with Crippen LogP contribution in [-0.2, 0) is 4.79 Å². The lowest BCUT2D eigenvalue weighted by atomic mass is 10.2. The van der Waals surface area contributed by atoms with E-state index in [0.717, 1.165) is 16.0 Å². The number of ether oxygens (including phenoxy) is 2. The zero-order valence-electron chi connectivity index (χ0n) is 14.5. The van der Waals surface area contributed by atoms with Gasteiger partial charge in [0.1, 0.15) is 17.3 Å². The van der Waals surface area contributed by atoms with Gasteiger partial charge in [0.15, 0.2) is 11.2 Å². The second-order valence-corrected chi connectivity index (χ2v) is 6.57. The number of rotatable bonds is 7. The van der Waals surface area contributed by atoms with Crippen molar-refractivity contribution in [1.82, 2.24) is 4.98 Å². The number of nitrogens with zero attached hydrogens (tertiary/aromatic N) is 1. The Bertz CT molecular complexity index is 895. The number of aromatic nitrogens is 1. The summed E-state index contributed by atoms with van der Waals surface area (Å²) in [7, 11) is 0. The summed E-state index contributed by atoms with van der Waals surface area (Å²) in [5.41, 5.74) is 0.793. The number of thiazole rings is 1. The predicted molar refractivity (Wildman–Crippen MR) is 101 cm³/mol. The first-order valence-corrected chi connectivity index (χ1v) is 9.17. The minimum absolute atomic E-state index is 0.291. The van der Waals surface area contributed by atoms with Crippen LogP contribution in [0.15, 0.2) is 42.5 Å². The molecule has 0 radical (unpaired) electrons. The fourth-order valence-corrected chi connectivity index (χ4v) is 3.30. The Morgan fingerprint density at radius 2 is 1.92 bits per heavy atom. The number of halogens is 1. The maximum Gasteiger partial charge on any atom is 0.267 e. The minimum atomic E-state index is -0.688. The lowest BCUT2D eigenvalue weighted by Gasteiger charge is -2.16. The number of carbonyl (C=O) groups excluding carboxylic acids is 1. The average Bonchev–Trinajstić information content (AvgIpc) is 3.02. The molecule has 3 aromatic rings. The van der Waals surface area contributed by atoms with Crippen molar-refractivity contribution in [1.29, 1.82) is 0 Å². The van der Waals surface area contributed by atoms with Crippen molar-refractivity contribution in [3.63, 3.8) is 0 Å². The third kappa shape index (κ3) is 4.29. The van der Waals surface area contributed by atoms with Crippen molar-refractivity contribution in [2.75, 3.05) is 11.9 Å². The Morgan fingerprint density at radius 3 is 2.62 bits per heavy atom. The summed E-state index contributed by atoms with van der Waals surface area (Å²) in [5.74, 6) is 0.573. The van der Waals surface area contributed by atoms with Crippen LogP contribution in [0.5, 0.6) is 11.5 Å². The zero-order valence-corrected chi connectivity index (χ0v) is 15.3. The molecule has 5 nitrogen and oxygen atoms in total. The molecule has 136 valence electrons. The topological polar surface area (TPSA) is 60.5 Å². The highest BCUT2D eigenvalue weighted by atomic mass is 32.1. The van der Waals surface area contributed by atoms with Crippen LogP contribution in [0.2, 0.25) is 0 Å². The SMILES string of the molecule is CCOc1ccc2nc(NC(=O)C(CC)Oc3ccc(F)cc3)sc2c1. The van der Waals surface area contributed by atoms with E-state index in [4.69, 9.17) is 9.47 Å². The molecule has 0 aliphatic rings. The summed E-state index contributed by atoms with van der Waals surface area (Å²) in [6, 6.07) is 11.2. The first kappa shape index (κ1) is 18.1. The Hall–Kier alpha value is -2.67. The van der Waals surface area contributed by atoms with Gasteiger partial charge in [0.2, 0.25) is 0 Å². The zero-order chi connectivity index (χ0) is 18.5. The van der Waals surface area contributed by atoms with Gasteiger partial charge in [-0.1, -0.05) is 18.3 Å². The molecule has 1 amide bonds. The predicted octanol–water partition coefficient (Wildman–Crippen LogP) is 4.63. The van der Waals surface area contributed by atoms with Gasteiger partial charge in [-0.3, -0.25) is 10.1 Å². The molecule has 1 N–H and O–H groups in total. The van der Waals surface area contributed by atoms with E-state index in [1.807, 2.05) is 32.0 Å². The Balaban J connectivity index is 1.70. The molecular weight excluding hydrogens is 355 g/mol. The van der Waals surface area contributed by atoms with Crippen LogP contribution in [0.25, 0.3) is 10.2 Å². The Labute approximate surface area is 154 Å². The molecule has 1 unspecified atom stereocenters. The van der Waals surface area contributed by atoms with E-state index in [2.05, 4.69) is 10.3 Å². The fraction of sp³-hybridized carbons (Fsp3) is 0.263. The third-order valence-electron chi connectivity index (χ3n) is 3.66. The molecule has 26 heavy (non-hydrogen) atoms. The molecule has 0 saturated carbocycles. The molecular formula is C19H19FN2O3S. The van der Waals surface area contributed by atoms with Gasteiger partial charge in [0.25, 0.3) is 5.91 Å². The summed E-state index contributed by atoms with van der Waals surface area (Å²) in [6.45, 7) is 4.36. The molecule has 1 atom stereocenters. The normalized spacial score (nSPS) is 12.0. The number of benzene rings is 2. The molecule has 2 aromatic carbocycles. The van der Waals surface area contributed by atoms with Crippen LogP contribution in [0.3, 0.4) is 0 Å². The second-order valence-electron chi connectivity index (χ2n) is 5.54. The van der Waals surface area contributed by atoms with Crippen LogP contribution >= 0.6 is 11.3 Å². The number of fused-ring (bicyclic) bond motifs is 1. The average molecular weight is 374 g/mol. The van der Waals surface area contributed by atoms with Gasteiger partial charge in [-0.2, -0.15) is 0 Å². The highest BCUT2D eigenvalue weighted by Crippen LogP contribution is 2.29. The van der Waals surface area contributed by atoms with Gasteiger partial charge < -0.3 is 9.47 Å². The summed E-state index contributed by atoms with van der Waals surface area (Å²) < 4.78 is 25.0. The smallest absolute Gasteiger partial charge is 0.267 e. The molecule has 3 rings (SSSR count). The van der Waals surface area contributed by atoms with Crippen molar-refractivity contribution in [2.45, 2.75) is 26.4 Å². The van der Waals surface area contributed by atoms with Gasteiger partial charge in [-0.05, 0) is 55.8 Å². The molecule has 1 aromatic heterocycles. The molecule has 0 aliphatic heterocycles. The minimum Gasteiger partial charge on any atom is -0.494 e. The van der Waals surface area contributed by atoms with E-state index >= 15 is 0 Å². The number of hydrogen-bond donors (Lipinski definition) is 1. The van der Waals surface area contributed by atoms with Crippen LogP contribution < -0.4 is 14.8 Å². The first-order valence-electron chi connectivity index (χ1n) is 8.35. The molecule has 0 aliphatic carbocycles. The highest BCUT2D eigenvalue weighted by Gasteiger charge is 2.20. The third-order valence-corrected chi connectivity index (χ3v) is 4.59. The first-order chi connectivity index (χ1) is 12.6. The lowest BCUT2D eigenvalue weighted by Crippen LogP contribution is -2.32. The maximum atomic E-state index is 13.0.